The van der Waals surface area contributed by atoms with Crippen molar-refractivity contribution in [3.05, 3.63) is 0 Å². The van der Waals surface area contributed by atoms with E-state index >= 15 is 0 Å². The number of nitrogens with zero attached hydrogens (tertiary/aromatic N) is 2. The molecule has 0 bridgehead atoms. The molecule has 16 heavy (non-hydrogen) atoms. The summed E-state index contributed by atoms with van der Waals surface area (Å²) in [5.74, 6) is 0. The van der Waals surface area contributed by atoms with Gasteiger partial charge in [0, 0.05) is 0 Å². The van der Waals surface area contributed by atoms with Crippen LogP contribution in [0.1, 0.15) is 48.5 Å². The molecule has 0 rings (SSSR count). The molecule has 0 fully saturated rings. The zero-order valence-electron chi connectivity index (χ0n) is 12.5. The molecule has 98 valence electrons. The Bertz CT molecular complexity index is 163. The van der Waals surface area contributed by atoms with E-state index in [2.05, 4.69) is 54.7 Å². The molecule has 0 unspecified atom stereocenters. The van der Waals surface area contributed by atoms with E-state index in [1.165, 1.54) is 30.6 Å². The van der Waals surface area contributed by atoms with Gasteiger partial charge in [-0.2, -0.15) is 0 Å². The van der Waals surface area contributed by atoms with E-state index in [-0.39, 0.29) is 0 Å². The van der Waals surface area contributed by atoms with E-state index < -0.39 is 18.9 Å². The van der Waals surface area contributed by atoms with Crippen molar-refractivity contribution in [2.24, 2.45) is 0 Å². The van der Waals surface area contributed by atoms with Gasteiger partial charge in [-0.3, -0.25) is 0 Å². The fourth-order valence-corrected chi connectivity index (χ4v) is 19.8. The molecule has 0 aromatic rings. The standard InChI is InChI=1S/2C4H10N.C3H7.C2H5.Sn/c2*1-3-5-4-2;1-3-2;1-2;/h2*3-4H2,1-2H3;3H,1-2H3;1H2,2H3;/q2*-1;;;+2. The van der Waals surface area contributed by atoms with Crippen LogP contribution in [0.4, 0.5) is 0 Å². The first-order chi connectivity index (χ1) is 7.54. The van der Waals surface area contributed by atoms with Gasteiger partial charge in [0.1, 0.15) is 0 Å². The van der Waals surface area contributed by atoms with Gasteiger partial charge in [-0.05, 0) is 0 Å². The fraction of sp³-hybridized carbons (Fsp3) is 1.00. The van der Waals surface area contributed by atoms with Gasteiger partial charge in [0.15, 0.2) is 0 Å². The molecule has 0 radical (unpaired) electrons. The Hall–Kier alpha value is 0.719. The van der Waals surface area contributed by atoms with Gasteiger partial charge in [0.25, 0.3) is 0 Å². The molecule has 0 aliphatic heterocycles. The minimum absolute atomic E-state index is 0.874. The number of rotatable bonds is 8. The van der Waals surface area contributed by atoms with Gasteiger partial charge in [0.05, 0.1) is 0 Å². The summed E-state index contributed by atoms with van der Waals surface area (Å²) >= 11 is -2.30. The summed E-state index contributed by atoms with van der Waals surface area (Å²) in [4.78, 5) is 0. The van der Waals surface area contributed by atoms with Crippen molar-refractivity contribution in [2.45, 2.75) is 56.8 Å². The third kappa shape index (κ3) is 3.14. The molecule has 0 aromatic carbocycles. The second-order valence-corrected chi connectivity index (χ2v) is 18.7. The predicted molar refractivity (Wildman–Crippen MR) is 77.2 cm³/mol. The molecule has 0 heterocycles. The van der Waals surface area contributed by atoms with Crippen LogP contribution in [-0.2, 0) is 0 Å². The summed E-state index contributed by atoms with van der Waals surface area (Å²) in [7, 11) is 0. The molecule has 0 atom stereocenters. The molecule has 0 spiro atoms. The number of hydrogen-bond acceptors (Lipinski definition) is 2. The molecule has 0 aliphatic carbocycles. The van der Waals surface area contributed by atoms with Crippen molar-refractivity contribution in [3.63, 3.8) is 0 Å². The first-order valence-electron chi connectivity index (χ1n) is 7.04. The van der Waals surface area contributed by atoms with E-state index in [9.17, 15) is 0 Å². The third-order valence-corrected chi connectivity index (χ3v) is 22.2. The predicted octanol–water partition coefficient (Wildman–Crippen LogP) is 3.54. The van der Waals surface area contributed by atoms with Crippen LogP contribution in [0.3, 0.4) is 0 Å². The Morgan fingerprint density at radius 2 is 1.06 bits per heavy atom. The second-order valence-electron chi connectivity index (χ2n) is 4.73. The van der Waals surface area contributed by atoms with Crippen LogP contribution in [0, 0.1) is 0 Å². The van der Waals surface area contributed by atoms with Crippen LogP contribution >= 0.6 is 0 Å². The van der Waals surface area contributed by atoms with Crippen LogP contribution in [0.25, 0.3) is 0 Å². The Kier molecular flexibility index (Phi) is 8.29. The first kappa shape index (κ1) is 16.7. The van der Waals surface area contributed by atoms with Crippen LogP contribution in [0.5, 0.6) is 0 Å². The summed E-state index contributed by atoms with van der Waals surface area (Å²) < 4.78 is 7.97. The molecule has 0 amide bonds. The average Bonchev–Trinajstić information content (AvgIpc) is 2.29. The molecule has 3 heteroatoms. The summed E-state index contributed by atoms with van der Waals surface area (Å²) in [6.07, 6.45) is 0. The Morgan fingerprint density at radius 3 is 1.19 bits per heavy atom. The van der Waals surface area contributed by atoms with E-state index in [0.717, 1.165) is 3.93 Å². The van der Waals surface area contributed by atoms with Crippen molar-refractivity contribution in [2.75, 3.05) is 26.2 Å². The monoisotopic (exact) mass is 336 g/mol. The fourth-order valence-electron chi connectivity index (χ4n) is 3.33. The summed E-state index contributed by atoms with van der Waals surface area (Å²) in [5.41, 5.74) is 0. The van der Waals surface area contributed by atoms with Crippen LogP contribution in [0.2, 0.25) is 8.37 Å². The summed E-state index contributed by atoms with van der Waals surface area (Å²) in [5, 5.41) is 0. The maximum atomic E-state index is 2.84. The minimum atomic E-state index is -2.30. The van der Waals surface area contributed by atoms with E-state index in [4.69, 9.17) is 0 Å². The molecule has 2 nitrogen and oxygen atoms in total. The molecule has 0 aliphatic rings. The van der Waals surface area contributed by atoms with Crippen LogP contribution in [0.15, 0.2) is 0 Å². The zero-order chi connectivity index (χ0) is 12.8. The van der Waals surface area contributed by atoms with Crippen molar-refractivity contribution in [1.29, 1.82) is 0 Å². The first-order valence-corrected chi connectivity index (χ1v) is 13.3. The Balaban J connectivity index is 5.27. The van der Waals surface area contributed by atoms with Crippen molar-refractivity contribution < 1.29 is 0 Å². The van der Waals surface area contributed by atoms with E-state index in [0.29, 0.717) is 0 Å². The van der Waals surface area contributed by atoms with Crippen molar-refractivity contribution >= 4 is 18.9 Å². The molecule has 0 saturated heterocycles. The third-order valence-electron chi connectivity index (χ3n) is 4.07. The Morgan fingerprint density at radius 1 is 0.750 bits per heavy atom. The summed E-state index contributed by atoms with van der Waals surface area (Å²) in [6.45, 7) is 21.6. The topological polar surface area (TPSA) is 6.48 Å². The summed E-state index contributed by atoms with van der Waals surface area (Å²) in [6, 6.07) is 0. The number of hydrogen-bond donors (Lipinski definition) is 0. The van der Waals surface area contributed by atoms with Crippen LogP contribution in [-0.4, -0.2) is 51.3 Å². The van der Waals surface area contributed by atoms with Gasteiger partial charge in [0.2, 0.25) is 0 Å². The van der Waals surface area contributed by atoms with Gasteiger partial charge in [-0.15, -0.1) is 0 Å². The van der Waals surface area contributed by atoms with Crippen molar-refractivity contribution in [1.82, 2.24) is 6.24 Å². The van der Waals surface area contributed by atoms with Gasteiger partial charge < -0.3 is 0 Å². The normalized spacial score (nSPS) is 13.1. The van der Waals surface area contributed by atoms with Gasteiger partial charge in [-0.25, -0.2) is 0 Å². The van der Waals surface area contributed by atoms with E-state index in [1.807, 2.05) is 0 Å². The van der Waals surface area contributed by atoms with Crippen molar-refractivity contribution in [3.8, 4) is 0 Å². The molecular weight excluding hydrogens is 303 g/mol. The molecule has 0 aromatic heterocycles. The second kappa shape index (κ2) is 7.93. The van der Waals surface area contributed by atoms with Gasteiger partial charge >= 0.3 is 108 Å². The Labute approximate surface area is 108 Å². The van der Waals surface area contributed by atoms with Gasteiger partial charge in [-0.1, -0.05) is 0 Å². The molecule has 0 N–H and O–H groups in total. The molecular formula is C13H32N2Sn. The van der Waals surface area contributed by atoms with E-state index in [1.54, 1.807) is 0 Å². The SMILES string of the molecule is CC[N](CC)[Sn]([CH2]C)([CH](C)C)[N](CC)CC. The maximum absolute atomic E-state index is 2.84. The average molecular weight is 335 g/mol. The molecule has 0 saturated carbocycles. The quantitative estimate of drug-likeness (QED) is 0.626. The van der Waals surface area contributed by atoms with Crippen LogP contribution < -0.4 is 0 Å². The zero-order valence-corrected chi connectivity index (χ0v) is 15.4.